The number of carboxylic acids is 1. The summed E-state index contributed by atoms with van der Waals surface area (Å²) >= 11 is 0. The molecule has 1 heterocycles. The number of rotatable bonds is 8. The average molecular weight is 407 g/mol. The Morgan fingerprint density at radius 3 is 2.47 bits per heavy atom. The van der Waals surface area contributed by atoms with E-state index in [-0.39, 0.29) is 13.0 Å². The highest BCUT2D eigenvalue weighted by molar-refractivity contribution is 5.87. The summed E-state index contributed by atoms with van der Waals surface area (Å²) in [7, 11) is 0. The summed E-state index contributed by atoms with van der Waals surface area (Å²) in [6.45, 7) is -0.331. The number of amides is 2. The number of nitrogens with one attached hydrogen (secondary N) is 2. The van der Waals surface area contributed by atoms with Gasteiger partial charge in [0.15, 0.2) is 0 Å². The molecule has 0 aliphatic carbocycles. The first-order valence-corrected chi connectivity index (χ1v) is 9.32. The van der Waals surface area contributed by atoms with Gasteiger partial charge in [-0.3, -0.25) is 9.78 Å². The highest BCUT2D eigenvalue weighted by Gasteiger charge is 2.21. The molecule has 0 saturated heterocycles. The fourth-order valence-electron chi connectivity index (χ4n) is 2.80. The summed E-state index contributed by atoms with van der Waals surface area (Å²) in [4.78, 5) is 39.8. The van der Waals surface area contributed by atoms with Crippen LogP contribution in [-0.4, -0.2) is 40.6 Å². The molecule has 2 aromatic carbocycles. The summed E-state index contributed by atoms with van der Waals surface area (Å²) in [6.07, 6.45) is -0.748. The largest absolute Gasteiger partial charge is 0.480 e. The maximum absolute atomic E-state index is 12.1. The van der Waals surface area contributed by atoms with Crippen molar-refractivity contribution in [3.63, 3.8) is 0 Å². The van der Waals surface area contributed by atoms with Gasteiger partial charge in [0.1, 0.15) is 19.2 Å². The predicted molar refractivity (Wildman–Crippen MR) is 110 cm³/mol. The van der Waals surface area contributed by atoms with Gasteiger partial charge in [-0.1, -0.05) is 54.6 Å². The van der Waals surface area contributed by atoms with Gasteiger partial charge in [0.25, 0.3) is 0 Å². The van der Waals surface area contributed by atoms with Gasteiger partial charge in [0.2, 0.25) is 5.91 Å². The first-order chi connectivity index (χ1) is 14.5. The molecule has 8 heteroatoms. The molecule has 3 aromatic rings. The third kappa shape index (κ3) is 6.03. The molecular weight excluding hydrogens is 386 g/mol. The first kappa shape index (κ1) is 20.8. The van der Waals surface area contributed by atoms with Crippen molar-refractivity contribution in [1.29, 1.82) is 0 Å². The van der Waals surface area contributed by atoms with Gasteiger partial charge in [0.05, 0.1) is 5.52 Å². The quantitative estimate of drug-likeness (QED) is 0.527. The topological polar surface area (TPSA) is 118 Å². The minimum atomic E-state index is -1.19. The number of fused-ring (bicyclic) bond motifs is 1. The molecule has 0 bridgehead atoms. The van der Waals surface area contributed by atoms with Gasteiger partial charge in [-0.05, 0) is 17.7 Å². The summed E-state index contributed by atoms with van der Waals surface area (Å²) in [5.41, 5.74) is 2.09. The lowest BCUT2D eigenvalue weighted by molar-refractivity contribution is -0.141. The molecule has 8 nitrogen and oxygen atoms in total. The van der Waals surface area contributed by atoms with Crippen LogP contribution in [0.25, 0.3) is 10.9 Å². The molecule has 0 aliphatic rings. The number of nitrogens with zero attached hydrogens (tertiary/aromatic N) is 1. The number of carboxylic acid groups (broad SMARTS) is 1. The number of para-hydroxylation sites is 1. The smallest absolute Gasteiger partial charge is 0.407 e. The molecule has 0 unspecified atom stereocenters. The monoisotopic (exact) mass is 407 g/mol. The van der Waals surface area contributed by atoms with Crippen LogP contribution in [0.5, 0.6) is 0 Å². The SMILES string of the molecule is O=C(CNC(=O)OCc1ccccc1)N[C@@H](Cc1ccc2ccccc2n1)C(=O)O. The molecular formula is C22H21N3O5. The van der Waals surface area contributed by atoms with Crippen LogP contribution in [-0.2, 0) is 27.4 Å². The van der Waals surface area contributed by atoms with Crippen LogP contribution < -0.4 is 10.6 Å². The molecule has 0 radical (unpaired) electrons. The van der Waals surface area contributed by atoms with Gasteiger partial charge in [-0.2, -0.15) is 0 Å². The van der Waals surface area contributed by atoms with Crippen molar-refractivity contribution in [3.05, 3.63) is 78.0 Å². The Bertz CT molecular complexity index is 1040. The second kappa shape index (κ2) is 10.0. The fourth-order valence-corrected chi connectivity index (χ4v) is 2.80. The van der Waals surface area contributed by atoms with E-state index < -0.39 is 30.6 Å². The number of benzene rings is 2. The van der Waals surface area contributed by atoms with Crippen LogP contribution in [0.3, 0.4) is 0 Å². The summed E-state index contributed by atoms with van der Waals surface area (Å²) in [5, 5.41) is 15.1. The number of alkyl carbamates (subject to hydrolysis) is 1. The van der Waals surface area contributed by atoms with Crippen LogP contribution in [0.4, 0.5) is 4.79 Å². The van der Waals surface area contributed by atoms with Crippen molar-refractivity contribution in [1.82, 2.24) is 15.6 Å². The van der Waals surface area contributed by atoms with Crippen LogP contribution in [0.15, 0.2) is 66.7 Å². The number of ether oxygens (including phenoxy) is 1. The molecule has 30 heavy (non-hydrogen) atoms. The molecule has 0 fully saturated rings. The molecule has 3 N–H and O–H groups in total. The van der Waals surface area contributed by atoms with Crippen molar-refractivity contribution in [2.24, 2.45) is 0 Å². The maximum Gasteiger partial charge on any atom is 0.407 e. The second-order valence-electron chi connectivity index (χ2n) is 6.57. The zero-order valence-electron chi connectivity index (χ0n) is 16.1. The zero-order valence-corrected chi connectivity index (χ0v) is 16.1. The van der Waals surface area contributed by atoms with E-state index in [4.69, 9.17) is 4.74 Å². The second-order valence-corrected chi connectivity index (χ2v) is 6.57. The van der Waals surface area contributed by atoms with Crippen LogP contribution in [0.1, 0.15) is 11.3 Å². The summed E-state index contributed by atoms with van der Waals surface area (Å²) < 4.78 is 5.01. The third-order valence-corrected chi connectivity index (χ3v) is 4.31. The minimum Gasteiger partial charge on any atom is -0.480 e. The van der Waals surface area contributed by atoms with Gasteiger partial charge in [-0.25, -0.2) is 9.59 Å². The Hall–Kier alpha value is -3.94. The third-order valence-electron chi connectivity index (χ3n) is 4.31. The number of hydrogen-bond acceptors (Lipinski definition) is 5. The molecule has 1 aromatic heterocycles. The predicted octanol–water partition coefficient (Wildman–Crippen LogP) is 2.27. The fraction of sp³-hybridized carbons (Fsp3) is 0.182. The van der Waals surface area contributed by atoms with E-state index in [2.05, 4.69) is 15.6 Å². The van der Waals surface area contributed by atoms with E-state index in [9.17, 15) is 19.5 Å². The lowest BCUT2D eigenvalue weighted by Crippen LogP contribution is -2.46. The Labute approximate surface area is 172 Å². The maximum atomic E-state index is 12.1. The average Bonchev–Trinajstić information content (AvgIpc) is 2.76. The number of aliphatic carboxylic acids is 1. The number of carbonyl (C=O) groups is 3. The molecule has 0 aliphatic heterocycles. The zero-order chi connectivity index (χ0) is 21.3. The van der Waals surface area contributed by atoms with Crippen LogP contribution >= 0.6 is 0 Å². The van der Waals surface area contributed by atoms with Crippen molar-refractivity contribution >= 4 is 28.9 Å². The van der Waals surface area contributed by atoms with E-state index in [0.717, 1.165) is 16.5 Å². The van der Waals surface area contributed by atoms with E-state index in [0.29, 0.717) is 5.69 Å². The van der Waals surface area contributed by atoms with E-state index >= 15 is 0 Å². The minimum absolute atomic E-state index is 0.0182. The van der Waals surface area contributed by atoms with Crippen LogP contribution in [0, 0.1) is 0 Å². The molecule has 3 rings (SSSR count). The number of aromatic nitrogens is 1. The Morgan fingerprint density at radius 2 is 1.70 bits per heavy atom. The van der Waals surface area contributed by atoms with E-state index in [1.54, 1.807) is 18.2 Å². The molecule has 154 valence electrons. The van der Waals surface area contributed by atoms with Crippen LogP contribution in [0.2, 0.25) is 0 Å². The lowest BCUT2D eigenvalue weighted by atomic mass is 10.1. The summed E-state index contributed by atoms with van der Waals surface area (Å²) in [6, 6.07) is 19.0. The summed E-state index contributed by atoms with van der Waals surface area (Å²) in [5.74, 6) is -1.83. The highest BCUT2D eigenvalue weighted by atomic mass is 16.5. The molecule has 1 atom stereocenters. The van der Waals surface area contributed by atoms with E-state index in [1.165, 1.54) is 0 Å². The molecule has 0 spiro atoms. The van der Waals surface area contributed by atoms with Gasteiger partial charge in [-0.15, -0.1) is 0 Å². The number of pyridine rings is 1. The Kier molecular flexibility index (Phi) is 6.94. The van der Waals surface area contributed by atoms with E-state index in [1.807, 2.05) is 48.5 Å². The number of carbonyl (C=O) groups excluding carboxylic acids is 2. The van der Waals surface area contributed by atoms with Crippen molar-refractivity contribution in [2.75, 3.05) is 6.54 Å². The highest BCUT2D eigenvalue weighted by Crippen LogP contribution is 2.13. The molecule has 0 saturated carbocycles. The number of hydrogen-bond donors (Lipinski definition) is 3. The molecule has 2 amide bonds. The van der Waals surface area contributed by atoms with Gasteiger partial charge >= 0.3 is 12.1 Å². The Morgan fingerprint density at radius 1 is 0.967 bits per heavy atom. The van der Waals surface area contributed by atoms with Gasteiger partial charge in [0, 0.05) is 17.5 Å². The van der Waals surface area contributed by atoms with Crippen molar-refractivity contribution < 1.29 is 24.2 Å². The van der Waals surface area contributed by atoms with Gasteiger partial charge < -0.3 is 20.5 Å². The first-order valence-electron chi connectivity index (χ1n) is 9.32. The normalized spacial score (nSPS) is 11.5. The Balaban J connectivity index is 1.49. The van der Waals surface area contributed by atoms with Crippen molar-refractivity contribution in [2.45, 2.75) is 19.1 Å². The van der Waals surface area contributed by atoms with Crippen molar-refractivity contribution in [3.8, 4) is 0 Å². The standard InChI is InChI=1S/C22H21N3O5/c26-20(13-23-22(29)30-14-15-6-2-1-3-7-15)25-19(21(27)28)12-17-11-10-16-8-4-5-9-18(16)24-17/h1-11,19H,12-14H2,(H,23,29)(H,25,26)(H,27,28)/t19-/m0/s1. The lowest BCUT2D eigenvalue weighted by Gasteiger charge is -2.15.